The summed E-state index contributed by atoms with van der Waals surface area (Å²) in [4.78, 5) is 44.0. The average Bonchev–Trinajstić information content (AvgIpc) is 3.10. The number of urea groups is 1. The Morgan fingerprint density at radius 1 is 1.00 bits per heavy atom. The molecule has 3 amide bonds. The SMILES string of the molecule is Cc1cc(C)nc(-n2nc(C)cc2NC(=O)COC(=O)c2ccc(CNC(N)=O)cc2)n1. The van der Waals surface area contributed by atoms with Crippen LogP contribution in [0.3, 0.4) is 0 Å². The lowest BCUT2D eigenvalue weighted by Gasteiger charge is -2.09. The summed E-state index contributed by atoms with van der Waals surface area (Å²) >= 11 is 0. The van der Waals surface area contributed by atoms with Gasteiger partial charge in [0.15, 0.2) is 6.61 Å². The van der Waals surface area contributed by atoms with Gasteiger partial charge in [0.2, 0.25) is 0 Å². The number of nitrogens with one attached hydrogen (secondary N) is 2. The highest BCUT2D eigenvalue weighted by atomic mass is 16.5. The quantitative estimate of drug-likeness (QED) is 0.474. The fourth-order valence-electron chi connectivity index (χ4n) is 2.88. The molecular weight excluding hydrogens is 414 g/mol. The minimum Gasteiger partial charge on any atom is -0.452 e. The highest BCUT2D eigenvalue weighted by Crippen LogP contribution is 2.15. The summed E-state index contributed by atoms with van der Waals surface area (Å²) < 4.78 is 6.51. The molecule has 4 N–H and O–H groups in total. The number of nitrogens with zero attached hydrogens (tertiary/aromatic N) is 4. The highest BCUT2D eigenvalue weighted by Gasteiger charge is 2.15. The Bertz CT molecular complexity index is 1140. The molecule has 2 aromatic heterocycles. The number of carbonyl (C=O) groups is 3. The van der Waals surface area contributed by atoms with Crippen LogP contribution < -0.4 is 16.4 Å². The number of primary amides is 1. The maximum Gasteiger partial charge on any atom is 0.338 e. The summed E-state index contributed by atoms with van der Waals surface area (Å²) in [6.45, 7) is 5.21. The maximum atomic E-state index is 12.4. The zero-order chi connectivity index (χ0) is 23.3. The van der Waals surface area contributed by atoms with Crippen molar-refractivity contribution in [2.75, 3.05) is 11.9 Å². The lowest BCUT2D eigenvalue weighted by molar-refractivity contribution is -0.119. The first kappa shape index (κ1) is 22.4. The minimum absolute atomic E-state index is 0.240. The molecule has 11 heteroatoms. The van der Waals surface area contributed by atoms with Crippen molar-refractivity contribution in [3.63, 3.8) is 0 Å². The number of esters is 1. The van der Waals surface area contributed by atoms with Crippen LogP contribution >= 0.6 is 0 Å². The summed E-state index contributed by atoms with van der Waals surface area (Å²) in [6, 6.07) is 9.23. The van der Waals surface area contributed by atoms with Crippen LogP contribution in [0.2, 0.25) is 0 Å². The smallest absolute Gasteiger partial charge is 0.338 e. The number of rotatable bonds is 7. The fraction of sp³-hybridized carbons (Fsp3) is 0.238. The Kier molecular flexibility index (Phi) is 6.78. The van der Waals surface area contributed by atoms with E-state index in [2.05, 4.69) is 25.7 Å². The largest absolute Gasteiger partial charge is 0.452 e. The molecule has 0 bridgehead atoms. The van der Waals surface area contributed by atoms with Crippen molar-refractivity contribution in [1.29, 1.82) is 0 Å². The Morgan fingerprint density at radius 3 is 2.28 bits per heavy atom. The van der Waals surface area contributed by atoms with Gasteiger partial charge in [0, 0.05) is 24.0 Å². The van der Waals surface area contributed by atoms with E-state index in [-0.39, 0.29) is 12.1 Å². The van der Waals surface area contributed by atoms with Gasteiger partial charge in [0.05, 0.1) is 11.3 Å². The van der Waals surface area contributed by atoms with E-state index in [0.29, 0.717) is 17.5 Å². The van der Waals surface area contributed by atoms with Gasteiger partial charge >= 0.3 is 12.0 Å². The number of carbonyl (C=O) groups excluding carboxylic acids is 3. The van der Waals surface area contributed by atoms with Crippen molar-refractivity contribution in [2.45, 2.75) is 27.3 Å². The number of hydrogen-bond acceptors (Lipinski definition) is 7. The average molecular weight is 437 g/mol. The van der Waals surface area contributed by atoms with Crippen LogP contribution in [0.1, 0.15) is 33.0 Å². The number of benzene rings is 1. The summed E-state index contributed by atoms with van der Waals surface area (Å²) in [5, 5.41) is 9.44. The van der Waals surface area contributed by atoms with Crippen molar-refractivity contribution in [2.24, 2.45) is 5.73 Å². The number of aromatic nitrogens is 4. The van der Waals surface area contributed by atoms with E-state index < -0.39 is 24.5 Å². The summed E-state index contributed by atoms with van der Waals surface area (Å²) in [5.74, 6) is -0.503. The van der Waals surface area contributed by atoms with Crippen LogP contribution in [0.4, 0.5) is 10.6 Å². The molecule has 3 rings (SSSR count). The molecule has 11 nitrogen and oxygen atoms in total. The Balaban J connectivity index is 1.61. The lowest BCUT2D eigenvalue weighted by atomic mass is 10.1. The van der Waals surface area contributed by atoms with Gasteiger partial charge in [-0.2, -0.15) is 9.78 Å². The van der Waals surface area contributed by atoms with Crippen LogP contribution in [0.5, 0.6) is 0 Å². The topological polar surface area (TPSA) is 154 Å². The maximum absolute atomic E-state index is 12.4. The first-order valence-electron chi connectivity index (χ1n) is 9.70. The second kappa shape index (κ2) is 9.69. The first-order chi connectivity index (χ1) is 15.2. The molecular formula is C21H23N7O4. The standard InChI is InChI=1S/C21H23N7O4/c1-12-8-13(2)25-21(24-12)28-17(9-14(3)27-28)26-18(29)11-32-19(30)16-6-4-15(5-7-16)10-23-20(22)31/h4-9H,10-11H2,1-3H3,(H,26,29)(H3,22,23,31). The molecule has 0 radical (unpaired) electrons. The number of anilines is 1. The normalized spacial score (nSPS) is 10.5. The van der Waals surface area contributed by atoms with Crippen LogP contribution in [0.25, 0.3) is 5.95 Å². The molecule has 0 saturated carbocycles. The first-order valence-corrected chi connectivity index (χ1v) is 9.70. The van der Waals surface area contributed by atoms with Gasteiger partial charge in [-0.15, -0.1) is 0 Å². The molecule has 166 valence electrons. The molecule has 0 unspecified atom stereocenters. The van der Waals surface area contributed by atoms with Crippen molar-refractivity contribution < 1.29 is 19.1 Å². The molecule has 0 aliphatic heterocycles. The van der Waals surface area contributed by atoms with Gasteiger partial charge in [-0.1, -0.05) is 12.1 Å². The van der Waals surface area contributed by atoms with Crippen molar-refractivity contribution in [3.8, 4) is 5.95 Å². The molecule has 3 aromatic rings. The van der Waals surface area contributed by atoms with E-state index >= 15 is 0 Å². The third-order valence-electron chi connectivity index (χ3n) is 4.25. The number of hydrogen-bond donors (Lipinski definition) is 3. The predicted molar refractivity (Wildman–Crippen MR) is 115 cm³/mol. The van der Waals surface area contributed by atoms with E-state index in [1.807, 2.05) is 19.9 Å². The van der Waals surface area contributed by atoms with E-state index in [0.717, 1.165) is 17.0 Å². The van der Waals surface area contributed by atoms with Crippen molar-refractivity contribution >= 4 is 23.7 Å². The Morgan fingerprint density at radius 2 is 1.66 bits per heavy atom. The molecule has 0 fully saturated rings. The highest BCUT2D eigenvalue weighted by molar-refractivity contribution is 5.95. The van der Waals surface area contributed by atoms with Gasteiger partial charge in [-0.25, -0.2) is 19.6 Å². The second-order valence-corrected chi connectivity index (χ2v) is 7.07. The fourth-order valence-corrected chi connectivity index (χ4v) is 2.88. The van der Waals surface area contributed by atoms with E-state index in [1.54, 1.807) is 25.1 Å². The minimum atomic E-state index is -0.656. The monoisotopic (exact) mass is 437 g/mol. The van der Waals surface area contributed by atoms with Crippen LogP contribution in [0, 0.1) is 20.8 Å². The van der Waals surface area contributed by atoms with Crippen LogP contribution in [0.15, 0.2) is 36.4 Å². The molecule has 0 aliphatic carbocycles. The number of nitrogens with two attached hydrogens (primary N) is 1. The Hall–Kier alpha value is -4.28. The van der Waals surface area contributed by atoms with Gasteiger partial charge < -0.3 is 21.1 Å². The molecule has 32 heavy (non-hydrogen) atoms. The predicted octanol–water partition coefficient (Wildman–Crippen LogP) is 1.55. The molecule has 0 atom stereocenters. The summed E-state index contributed by atoms with van der Waals surface area (Å²) in [7, 11) is 0. The number of ether oxygens (including phenoxy) is 1. The lowest BCUT2D eigenvalue weighted by Crippen LogP contribution is -2.28. The number of amides is 3. The van der Waals surface area contributed by atoms with Gasteiger partial charge in [-0.05, 0) is 44.5 Å². The Labute approximate surface area is 184 Å². The molecule has 0 saturated heterocycles. The van der Waals surface area contributed by atoms with E-state index in [1.165, 1.54) is 16.8 Å². The molecule has 0 spiro atoms. The van der Waals surface area contributed by atoms with Crippen molar-refractivity contribution in [1.82, 2.24) is 25.1 Å². The van der Waals surface area contributed by atoms with Gasteiger partial charge in [-0.3, -0.25) is 4.79 Å². The molecule has 2 heterocycles. The third-order valence-corrected chi connectivity index (χ3v) is 4.25. The molecule has 0 aliphatic rings. The number of aryl methyl sites for hydroxylation is 3. The van der Waals surface area contributed by atoms with Crippen LogP contribution in [-0.2, 0) is 16.1 Å². The molecule has 1 aromatic carbocycles. The second-order valence-electron chi connectivity index (χ2n) is 7.07. The van der Waals surface area contributed by atoms with Crippen molar-refractivity contribution in [3.05, 3.63) is 64.6 Å². The van der Waals surface area contributed by atoms with Gasteiger partial charge in [0.25, 0.3) is 11.9 Å². The summed E-state index contributed by atoms with van der Waals surface area (Å²) in [5.41, 5.74) is 8.24. The van der Waals surface area contributed by atoms with E-state index in [9.17, 15) is 14.4 Å². The van der Waals surface area contributed by atoms with E-state index in [4.69, 9.17) is 10.5 Å². The summed E-state index contributed by atoms with van der Waals surface area (Å²) in [6.07, 6.45) is 0. The van der Waals surface area contributed by atoms with Gasteiger partial charge in [0.1, 0.15) is 5.82 Å². The van der Waals surface area contributed by atoms with Crippen LogP contribution in [-0.4, -0.2) is 44.3 Å². The zero-order valence-electron chi connectivity index (χ0n) is 17.9. The zero-order valence-corrected chi connectivity index (χ0v) is 17.9. The third kappa shape index (κ3) is 5.88.